The van der Waals surface area contributed by atoms with Gasteiger partial charge in [0, 0.05) is 17.1 Å². The fourth-order valence-corrected chi connectivity index (χ4v) is 1.35. The maximum Gasteiger partial charge on any atom is 0.231 e. The van der Waals surface area contributed by atoms with E-state index < -0.39 is 11.2 Å². The van der Waals surface area contributed by atoms with Crippen LogP contribution in [0.1, 0.15) is 25.0 Å². The first-order chi connectivity index (χ1) is 8.31. The van der Waals surface area contributed by atoms with Crippen molar-refractivity contribution in [1.29, 1.82) is 5.26 Å². The standard InChI is InChI=1S/C13H14ClFN2O/c1-8-10(15)4-9(6-16)5-11(8)17-12(18)13(2,3)7-14/h4-5H,7H2,1-3H3,(H,17,18). The van der Waals surface area contributed by atoms with Gasteiger partial charge >= 0.3 is 0 Å². The van der Waals surface area contributed by atoms with Crippen LogP contribution in [0.15, 0.2) is 12.1 Å². The molecule has 5 heteroatoms. The van der Waals surface area contributed by atoms with E-state index in [9.17, 15) is 9.18 Å². The van der Waals surface area contributed by atoms with E-state index in [2.05, 4.69) is 5.32 Å². The Bertz CT molecular complexity index is 520. The summed E-state index contributed by atoms with van der Waals surface area (Å²) in [6.45, 7) is 4.92. The Morgan fingerprint density at radius 1 is 1.56 bits per heavy atom. The van der Waals surface area contributed by atoms with Gasteiger partial charge in [-0.3, -0.25) is 4.79 Å². The number of nitriles is 1. The molecule has 1 N–H and O–H groups in total. The minimum Gasteiger partial charge on any atom is -0.325 e. The van der Waals surface area contributed by atoms with Crippen molar-refractivity contribution < 1.29 is 9.18 Å². The van der Waals surface area contributed by atoms with Gasteiger partial charge < -0.3 is 5.32 Å². The van der Waals surface area contributed by atoms with Gasteiger partial charge in [-0.05, 0) is 32.9 Å². The van der Waals surface area contributed by atoms with E-state index in [1.807, 2.05) is 6.07 Å². The minimum absolute atomic E-state index is 0.151. The maximum absolute atomic E-state index is 13.5. The number of hydrogen-bond acceptors (Lipinski definition) is 2. The third-order valence-electron chi connectivity index (χ3n) is 2.67. The first kappa shape index (κ1) is 14.5. The lowest BCUT2D eigenvalue weighted by atomic mass is 9.95. The lowest BCUT2D eigenvalue weighted by Crippen LogP contribution is -2.32. The topological polar surface area (TPSA) is 52.9 Å². The van der Waals surface area contributed by atoms with Crippen LogP contribution in [0.3, 0.4) is 0 Å². The van der Waals surface area contributed by atoms with Crippen LogP contribution >= 0.6 is 11.6 Å². The first-order valence-corrected chi connectivity index (χ1v) is 5.93. The summed E-state index contributed by atoms with van der Waals surface area (Å²) in [5.41, 5.74) is 0.00664. The summed E-state index contributed by atoms with van der Waals surface area (Å²) in [4.78, 5) is 11.9. The van der Waals surface area contributed by atoms with E-state index >= 15 is 0 Å². The van der Waals surface area contributed by atoms with E-state index in [1.165, 1.54) is 6.07 Å². The molecule has 0 atom stereocenters. The molecule has 0 radical (unpaired) electrons. The zero-order valence-corrected chi connectivity index (χ0v) is 11.2. The van der Waals surface area contributed by atoms with Crippen LogP contribution in [0.2, 0.25) is 0 Å². The molecule has 1 aromatic carbocycles. The molecule has 3 nitrogen and oxygen atoms in total. The van der Waals surface area contributed by atoms with Crippen molar-refractivity contribution >= 4 is 23.2 Å². The predicted molar refractivity (Wildman–Crippen MR) is 69.0 cm³/mol. The second-order valence-electron chi connectivity index (χ2n) is 4.71. The minimum atomic E-state index is -0.757. The Kier molecular flexibility index (Phi) is 4.31. The third-order valence-corrected chi connectivity index (χ3v) is 3.34. The summed E-state index contributed by atoms with van der Waals surface area (Å²) in [6.07, 6.45) is 0. The van der Waals surface area contributed by atoms with Gasteiger partial charge in [-0.15, -0.1) is 11.6 Å². The van der Waals surface area contributed by atoms with Gasteiger partial charge in [0.2, 0.25) is 5.91 Å². The van der Waals surface area contributed by atoms with Crippen LogP contribution in [0.4, 0.5) is 10.1 Å². The van der Waals surface area contributed by atoms with E-state index in [-0.39, 0.29) is 17.4 Å². The summed E-state index contributed by atoms with van der Waals surface area (Å²) < 4.78 is 13.5. The number of halogens is 2. The molecule has 1 amide bonds. The van der Waals surface area contributed by atoms with E-state index in [0.29, 0.717) is 11.3 Å². The monoisotopic (exact) mass is 268 g/mol. The van der Waals surface area contributed by atoms with Gasteiger partial charge in [0.15, 0.2) is 0 Å². The van der Waals surface area contributed by atoms with Crippen molar-refractivity contribution in [3.05, 3.63) is 29.1 Å². The molecule has 0 fully saturated rings. The Hall–Kier alpha value is -1.60. The zero-order chi connectivity index (χ0) is 13.9. The second-order valence-corrected chi connectivity index (χ2v) is 4.98. The Morgan fingerprint density at radius 2 is 2.17 bits per heavy atom. The quantitative estimate of drug-likeness (QED) is 0.856. The highest BCUT2D eigenvalue weighted by Gasteiger charge is 2.27. The number of hydrogen-bond donors (Lipinski definition) is 1. The lowest BCUT2D eigenvalue weighted by molar-refractivity contribution is -0.122. The van der Waals surface area contributed by atoms with E-state index in [4.69, 9.17) is 16.9 Å². The number of amides is 1. The van der Waals surface area contributed by atoms with E-state index in [1.54, 1.807) is 20.8 Å². The number of alkyl halides is 1. The van der Waals surface area contributed by atoms with Gasteiger partial charge in [0.05, 0.1) is 17.0 Å². The van der Waals surface area contributed by atoms with Gasteiger partial charge in [-0.1, -0.05) is 0 Å². The summed E-state index contributed by atoms with van der Waals surface area (Å²) in [7, 11) is 0. The fraction of sp³-hybridized carbons (Fsp3) is 0.385. The van der Waals surface area contributed by atoms with Crippen LogP contribution in [-0.2, 0) is 4.79 Å². The number of benzene rings is 1. The fourth-order valence-electron chi connectivity index (χ4n) is 1.23. The molecule has 0 aliphatic rings. The highest BCUT2D eigenvalue weighted by atomic mass is 35.5. The predicted octanol–water partition coefficient (Wildman–Crippen LogP) is 3.21. The third kappa shape index (κ3) is 2.99. The average molecular weight is 269 g/mol. The summed E-state index contributed by atoms with van der Waals surface area (Å²) in [5.74, 6) is -0.679. The largest absolute Gasteiger partial charge is 0.325 e. The Morgan fingerprint density at radius 3 is 2.67 bits per heavy atom. The van der Waals surface area contributed by atoms with Crippen molar-refractivity contribution in [3.63, 3.8) is 0 Å². The van der Waals surface area contributed by atoms with Crippen LogP contribution in [-0.4, -0.2) is 11.8 Å². The van der Waals surface area contributed by atoms with Crippen molar-refractivity contribution in [2.45, 2.75) is 20.8 Å². The Labute approximate surface area is 111 Å². The molecule has 1 rings (SSSR count). The molecule has 0 bridgehead atoms. The van der Waals surface area contributed by atoms with E-state index in [0.717, 1.165) is 6.07 Å². The van der Waals surface area contributed by atoms with Crippen molar-refractivity contribution in [1.82, 2.24) is 0 Å². The Balaban J connectivity index is 3.09. The number of anilines is 1. The number of carbonyl (C=O) groups excluding carboxylic acids is 1. The molecule has 96 valence electrons. The normalized spacial score (nSPS) is 10.9. The number of nitrogens with zero attached hydrogens (tertiary/aromatic N) is 1. The van der Waals surface area contributed by atoms with Crippen molar-refractivity contribution in [3.8, 4) is 6.07 Å². The molecule has 1 aromatic rings. The first-order valence-electron chi connectivity index (χ1n) is 5.39. The smallest absolute Gasteiger partial charge is 0.231 e. The highest BCUT2D eigenvalue weighted by molar-refractivity contribution is 6.20. The lowest BCUT2D eigenvalue weighted by Gasteiger charge is -2.21. The molecule has 0 aromatic heterocycles. The highest BCUT2D eigenvalue weighted by Crippen LogP contribution is 2.24. The van der Waals surface area contributed by atoms with Crippen LogP contribution in [0.5, 0.6) is 0 Å². The summed E-state index contributed by atoms with van der Waals surface area (Å²) in [6, 6.07) is 4.43. The number of nitrogens with one attached hydrogen (secondary N) is 1. The molecule has 0 aliphatic carbocycles. The molecule has 18 heavy (non-hydrogen) atoms. The maximum atomic E-state index is 13.5. The molecule has 0 spiro atoms. The average Bonchev–Trinajstić information content (AvgIpc) is 2.34. The van der Waals surface area contributed by atoms with Gasteiger partial charge in [0.25, 0.3) is 0 Å². The van der Waals surface area contributed by atoms with Crippen molar-refractivity contribution in [2.75, 3.05) is 11.2 Å². The molecule has 0 aliphatic heterocycles. The summed E-state index contributed by atoms with van der Waals surface area (Å²) in [5, 5.41) is 11.4. The van der Waals surface area contributed by atoms with Gasteiger partial charge in [0.1, 0.15) is 5.82 Å². The molecular weight excluding hydrogens is 255 g/mol. The van der Waals surface area contributed by atoms with Gasteiger partial charge in [-0.2, -0.15) is 5.26 Å². The molecule has 0 saturated heterocycles. The summed E-state index contributed by atoms with van der Waals surface area (Å²) >= 11 is 5.70. The molecule has 0 saturated carbocycles. The molecular formula is C13H14ClFN2O. The second kappa shape index (κ2) is 5.36. The van der Waals surface area contributed by atoms with Crippen LogP contribution < -0.4 is 5.32 Å². The zero-order valence-electron chi connectivity index (χ0n) is 10.5. The SMILES string of the molecule is Cc1c(F)cc(C#N)cc1NC(=O)C(C)(C)CCl. The number of rotatable bonds is 3. The van der Waals surface area contributed by atoms with Gasteiger partial charge in [-0.25, -0.2) is 4.39 Å². The van der Waals surface area contributed by atoms with Crippen LogP contribution in [0, 0.1) is 29.5 Å². The van der Waals surface area contributed by atoms with Crippen molar-refractivity contribution in [2.24, 2.45) is 5.41 Å². The molecule has 0 unspecified atom stereocenters. The molecule has 0 heterocycles. The number of carbonyl (C=O) groups is 1. The van der Waals surface area contributed by atoms with Crippen LogP contribution in [0.25, 0.3) is 0 Å².